The lowest BCUT2D eigenvalue weighted by molar-refractivity contribution is 0.134. The van der Waals surface area contributed by atoms with E-state index in [9.17, 15) is 0 Å². The van der Waals surface area contributed by atoms with E-state index in [0.29, 0.717) is 5.92 Å². The number of nitrogen functional groups attached to an aromatic ring is 1. The zero-order valence-electron chi connectivity index (χ0n) is 12.0. The summed E-state index contributed by atoms with van der Waals surface area (Å²) in [6.45, 7) is 8.79. The van der Waals surface area contributed by atoms with Gasteiger partial charge in [-0.3, -0.25) is 4.68 Å². The molecule has 1 heterocycles. The second-order valence-electron chi connectivity index (χ2n) is 4.82. The van der Waals surface area contributed by atoms with Crippen LogP contribution in [0.25, 0.3) is 0 Å². The Morgan fingerprint density at radius 3 is 2.67 bits per heavy atom. The average Bonchev–Trinajstić information content (AvgIpc) is 2.60. The summed E-state index contributed by atoms with van der Waals surface area (Å²) in [6.07, 6.45) is 2.04. The Morgan fingerprint density at radius 1 is 1.39 bits per heavy atom. The second-order valence-corrected chi connectivity index (χ2v) is 4.82. The van der Waals surface area contributed by atoms with E-state index < -0.39 is 0 Å². The maximum absolute atomic E-state index is 6.09. The fraction of sp³-hybridized carbons (Fsp3) is 0.769. The van der Waals surface area contributed by atoms with Crippen molar-refractivity contribution in [2.45, 2.75) is 39.5 Å². The van der Waals surface area contributed by atoms with Gasteiger partial charge in [0.05, 0.1) is 11.4 Å². The molecule has 18 heavy (non-hydrogen) atoms. The van der Waals surface area contributed by atoms with Crippen molar-refractivity contribution in [2.75, 3.05) is 30.8 Å². The molecule has 0 unspecified atom stereocenters. The Morgan fingerprint density at radius 2 is 2.11 bits per heavy atom. The molecule has 0 spiro atoms. The summed E-state index contributed by atoms with van der Waals surface area (Å²) < 4.78 is 7.25. The zero-order valence-corrected chi connectivity index (χ0v) is 12.0. The van der Waals surface area contributed by atoms with Gasteiger partial charge in [-0.15, -0.1) is 0 Å². The van der Waals surface area contributed by atoms with Gasteiger partial charge >= 0.3 is 0 Å². The molecule has 0 aromatic carbocycles. The Bertz CT molecular complexity index is 360. The van der Waals surface area contributed by atoms with Gasteiger partial charge in [0.1, 0.15) is 5.82 Å². The third-order valence-corrected chi connectivity index (χ3v) is 2.77. The molecule has 1 aromatic rings. The van der Waals surface area contributed by atoms with Crippen LogP contribution >= 0.6 is 0 Å². The topological polar surface area (TPSA) is 65.1 Å². The van der Waals surface area contributed by atoms with Crippen LogP contribution in [0.15, 0.2) is 0 Å². The van der Waals surface area contributed by atoms with Gasteiger partial charge in [-0.25, -0.2) is 0 Å². The van der Waals surface area contributed by atoms with Crippen LogP contribution in [-0.2, 0) is 11.8 Å². The van der Waals surface area contributed by atoms with Gasteiger partial charge < -0.3 is 15.8 Å². The number of hydrogen-bond donors (Lipinski definition) is 2. The van der Waals surface area contributed by atoms with Gasteiger partial charge in [0.15, 0.2) is 0 Å². The highest BCUT2D eigenvalue weighted by Gasteiger charge is 2.15. The molecule has 0 saturated heterocycles. The molecule has 3 N–H and O–H groups in total. The van der Waals surface area contributed by atoms with E-state index in [4.69, 9.17) is 10.5 Å². The molecule has 5 heteroatoms. The van der Waals surface area contributed by atoms with Gasteiger partial charge in [-0.2, -0.15) is 5.10 Å². The van der Waals surface area contributed by atoms with E-state index in [1.165, 1.54) is 0 Å². The summed E-state index contributed by atoms with van der Waals surface area (Å²) in [5.74, 6) is 1.26. The molecule has 0 aliphatic heterocycles. The molecule has 0 saturated carbocycles. The largest absolute Gasteiger partial charge is 0.394 e. The first kappa shape index (κ1) is 14.8. The fourth-order valence-corrected chi connectivity index (χ4v) is 1.82. The molecule has 5 nitrogen and oxygen atoms in total. The second kappa shape index (κ2) is 7.26. The first-order valence-electron chi connectivity index (χ1n) is 6.71. The molecule has 0 aliphatic carbocycles. The molecular formula is C13H26N4O. The van der Waals surface area contributed by atoms with Crippen molar-refractivity contribution in [1.29, 1.82) is 0 Å². The normalized spacial score (nSPS) is 11.2. The van der Waals surface area contributed by atoms with E-state index >= 15 is 0 Å². The quantitative estimate of drug-likeness (QED) is 0.699. The predicted octanol–water partition coefficient (Wildman–Crippen LogP) is 2.35. The summed E-state index contributed by atoms with van der Waals surface area (Å²) in [6, 6.07) is 0. The monoisotopic (exact) mass is 254 g/mol. The molecule has 0 atom stereocenters. The van der Waals surface area contributed by atoms with Crippen molar-refractivity contribution in [3.63, 3.8) is 0 Å². The Kier molecular flexibility index (Phi) is 5.98. The highest BCUT2D eigenvalue weighted by Crippen LogP contribution is 2.27. The number of ether oxygens (including phenoxy) is 1. The van der Waals surface area contributed by atoms with Crippen molar-refractivity contribution >= 4 is 11.5 Å². The number of anilines is 2. The van der Waals surface area contributed by atoms with Crippen LogP contribution in [0.3, 0.4) is 0 Å². The minimum Gasteiger partial charge on any atom is -0.394 e. The third kappa shape index (κ3) is 3.91. The van der Waals surface area contributed by atoms with Crippen molar-refractivity contribution < 1.29 is 4.74 Å². The molecular weight excluding hydrogens is 228 g/mol. The number of hydrogen-bond acceptors (Lipinski definition) is 4. The summed E-state index contributed by atoms with van der Waals surface area (Å²) >= 11 is 0. The number of aromatic nitrogens is 2. The van der Waals surface area contributed by atoms with Crippen LogP contribution in [0.2, 0.25) is 0 Å². The number of aryl methyl sites for hydroxylation is 1. The van der Waals surface area contributed by atoms with Crippen molar-refractivity contribution in [1.82, 2.24) is 9.78 Å². The van der Waals surface area contributed by atoms with E-state index in [2.05, 4.69) is 31.2 Å². The van der Waals surface area contributed by atoms with E-state index in [-0.39, 0.29) is 0 Å². The Balaban J connectivity index is 2.42. The third-order valence-electron chi connectivity index (χ3n) is 2.77. The predicted molar refractivity (Wildman–Crippen MR) is 75.9 cm³/mol. The highest BCUT2D eigenvalue weighted by molar-refractivity contribution is 5.65. The molecule has 0 radical (unpaired) electrons. The van der Waals surface area contributed by atoms with Gasteiger partial charge in [0, 0.05) is 26.8 Å². The number of nitrogens with two attached hydrogens (primary N) is 1. The minimum atomic E-state index is 0.347. The van der Waals surface area contributed by atoms with E-state index in [1.54, 1.807) is 0 Å². The SMILES string of the molecule is CCCOCCCNc1c(N)c(C(C)C)nn1C. The lowest BCUT2D eigenvalue weighted by atomic mass is 10.1. The smallest absolute Gasteiger partial charge is 0.147 e. The summed E-state index contributed by atoms with van der Waals surface area (Å²) in [5, 5.41) is 7.76. The van der Waals surface area contributed by atoms with Gasteiger partial charge in [-0.1, -0.05) is 20.8 Å². The summed E-state index contributed by atoms with van der Waals surface area (Å²) in [7, 11) is 1.91. The van der Waals surface area contributed by atoms with Crippen molar-refractivity contribution in [2.24, 2.45) is 7.05 Å². The molecule has 1 aromatic heterocycles. The van der Waals surface area contributed by atoms with Crippen molar-refractivity contribution in [3.8, 4) is 0 Å². The Labute approximate surface area is 110 Å². The van der Waals surface area contributed by atoms with Crippen LogP contribution in [0.1, 0.15) is 45.2 Å². The van der Waals surface area contributed by atoms with E-state index in [1.807, 2.05) is 11.7 Å². The van der Waals surface area contributed by atoms with Crippen LogP contribution in [0, 0.1) is 0 Å². The van der Waals surface area contributed by atoms with Crippen LogP contribution in [0.5, 0.6) is 0 Å². The average molecular weight is 254 g/mol. The van der Waals surface area contributed by atoms with Gasteiger partial charge in [0.25, 0.3) is 0 Å². The lowest BCUT2D eigenvalue weighted by Gasteiger charge is -2.08. The summed E-state index contributed by atoms with van der Waals surface area (Å²) in [4.78, 5) is 0. The molecule has 0 bridgehead atoms. The zero-order chi connectivity index (χ0) is 13.5. The number of nitrogens with one attached hydrogen (secondary N) is 1. The molecule has 1 rings (SSSR count). The standard InChI is InChI=1S/C13H26N4O/c1-5-8-18-9-6-7-15-13-11(14)12(10(2)3)16-17(13)4/h10,15H,5-9,14H2,1-4H3. The molecule has 0 aliphatic rings. The highest BCUT2D eigenvalue weighted by atomic mass is 16.5. The molecule has 104 valence electrons. The maximum atomic E-state index is 6.09. The van der Waals surface area contributed by atoms with Crippen LogP contribution < -0.4 is 11.1 Å². The van der Waals surface area contributed by atoms with Gasteiger partial charge in [-0.05, 0) is 18.8 Å². The first-order chi connectivity index (χ1) is 8.57. The summed E-state index contributed by atoms with van der Waals surface area (Å²) in [5.41, 5.74) is 7.82. The number of nitrogens with zero attached hydrogens (tertiary/aromatic N) is 2. The first-order valence-corrected chi connectivity index (χ1v) is 6.71. The fourth-order valence-electron chi connectivity index (χ4n) is 1.82. The van der Waals surface area contributed by atoms with Crippen LogP contribution in [-0.4, -0.2) is 29.5 Å². The minimum absolute atomic E-state index is 0.347. The van der Waals surface area contributed by atoms with Gasteiger partial charge in [0.2, 0.25) is 0 Å². The maximum Gasteiger partial charge on any atom is 0.147 e. The number of rotatable bonds is 8. The lowest BCUT2D eigenvalue weighted by Crippen LogP contribution is -2.10. The Hall–Kier alpha value is -1.23. The molecule has 0 fully saturated rings. The van der Waals surface area contributed by atoms with Crippen molar-refractivity contribution in [3.05, 3.63) is 5.69 Å². The molecule has 0 amide bonds. The van der Waals surface area contributed by atoms with E-state index in [0.717, 1.165) is 49.8 Å². The van der Waals surface area contributed by atoms with Crippen LogP contribution in [0.4, 0.5) is 11.5 Å².